The number of ether oxygens (including phenoxy) is 1. The third-order valence-corrected chi connectivity index (χ3v) is 10.0. The molecule has 182 valence electrons. The Morgan fingerprint density at radius 1 is 0.871 bits per heavy atom. The van der Waals surface area contributed by atoms with Gasteiger partial charge in [0.15, 0.2) is 0 Å². The number of allylic oxidation sites excluding steroid dienone is 2. The quantitative estimate of drug-likeness (QED) is 0.401. The monoisotopic (exact) mass is 432 g/mol. The van der Waals surface area contributed by atoms with Gasteiger partial charge in [0.2, 0.25) is 0 Å². The van der Waals surface area contributed by atoms with Crippen LogP contribution < -0.4 is 0 Å². The maximum Gasteiger partial charge on any atom is 0.0884 e. The molecule has 4 rings (SSSR count). The third-order valence-electron chi connectivity index (χ3n) is 10.0. The van der Waals surface area contributed by atoms with Crippen LogP contribution in [0.3, 0.4) is 0 Å². The molecule has 4 fully saturated rings. The molecule has 0 heterocycles. The molecule has 7 atom stereocenters. The molecule has 4 aliphatic carbocycles. The molecule has 0 saturated heterocycles. The summed E-state index contributed by atoms with van der Waals surface area (Å²) in [4.78, 5) is 0. The smallest absolute Gasteiger partial charge is 0.0884 e. The lowest BCUT2D eigenvalue weighted by Crippen LogP contribution is -2.52. The summed E-state index contributed by atoms with van der Waals surface area (Å²) < 4.78 is 5.34. The number of methoxy groups -OCH3 is 1. The topological polar surface area (TPSA) is 9.23 Å². The van der Waals surface area contributed by atoms with Crippen molar-refractivity contribution in [2.75, 3.05) is 7.11 Å². The maximum absolute atomic E-state index is 5.34. The van der Waals surface area contributed by atoms with E-state index >= 15 is 0 Å². The summed E-state index contributed by atoms with van der Waals surface area (Å²) >= 11 is 0. The number of fused-ring (bicyclic) bond motifs is 5. The van der Waals surface area contributed by atoms with E-state index in [0.29, 0.717) is 10.8 Å². The van der Waals surface area contributed by atoms with Crippen molar-refractivity contribution in [2.24, 2.45) is 40.4 Å². The van der Waals surface area contributed by atoms with Crippen molar-refractivity contribution in [2.45, 2.75) is 132 Å². The van der Waals surface area contributed by atoms with Crippen LogP contribution in [0.25, 0.3) is 0 Å². The van der Waals surface area contributed by atoms with Crippen LogP contribution in [0.4, 0.5) is 0 Å². The first-order valence-electron chi connectivity index (χ1n) is 14.1. The first kappa shape index (κ1) is 26.8. The van der Waals surface area contributed by atoms with Gasteiger partial charge in [0.05, 0.1) is 12.9 Å². The standard InChI is InChI=1S/C25H42O.C3H8.C2H6/c1-18(26-4)8-7-10-20-12-14-22-21-13-11-19-9-5-6-16-24(19,2)23(21)15-17-25(20,22)3;1-3-2;1-2/h8,19-23H,5-7,9-17H2,1-4H3;3H2,1-2H3;1-2H3/b18-8+;;. The van der Waals surface area contributed by atoms with Crippen LogP contribution in [0.15, 0.2) is 11.8 Å². The van der Waals surface area contributed by atoms with Crippen molar-refractivity contribution in [1.29, 1.82) is 0 Å². The molecule has 0 amide bonds. The van der Waals surface area contributed by atoms with Crippen molar-refractivity contribution in [3.8, 4) is 0 Å². The second kappa shape index (κ2) is 12.1. The average molecular weight is 433 g/mol. The van der Waals surface area contributed by atoms with Gasteiger partial charge >= 0.3 is 0 Å². The highest BCUT2D eigenvalue weighted by molar-refractivity contribution is 5.09. The van der Waals surface area contributed by atoms with E-state index in [9.17, 15) is 0 Å². The molecule has 4 aliphatic rings. The molecule has 0 N–H and O–H groups in total. The lowest BCUT2D eigenvalue weighted by atomic mass is 9.45. The zero-order valence-corrected chi connectivity index (χ0v) is 22.6. The van der Waals surface area contributed by atoms with Crippen molar-refractivity contribution >= 4 is 0 Å². The fourth-order valence-electron chi connectivity index (χ4n) is 8.45. The summed E-state index contributed by atoms with van der Waals surface area (Å²) in [6.07, 6.45) is 21.4. The molecule has 0 aliphatic heterocycles. The van der Waals surface area contributed by atoms with Crippen molar-refractivity contribution in [3.05, 3.63) is 11.8 Å². The number of hydrogen-bond donors (Lipinski definition) is 0. The Balaban J connectivity index is 0.000000630. The van der Waals surface area contributed by atoms with E-state index in [4.69, 9.17) is 4.74 Å². The van der Waals surface area contributed by atoms with E-state index < -0.39 is 0 Å². The van der Waals surface area contributed by atoms with E-state index in [1.807, 2.05) is 13.8 Å². The van der Waals surface area contributed by atoms with Crippen molar-refractivity contribution in [1.82, 2.24) is 0 Å². The molecule has 4 saturated carbocycles. The zero-order chi connectivity index (χ0) is 23.1. The van der Waals surface area contributed by atoms with Gasteiger partial charge in [-0.25, -0.2) is 0 Å². The Labute approximate surface area is 196 Å². The normalized spacial score (nSPS) is 41.4. The Morgan fingerprint density at radius 2 is 1.55 bits per heavy atom. The Kier molecular flexibility index (Phi) is 10.5. The van der Waals surface area contributed by atoms with Crippen molar-refractivity contribution < 1.29 is 4.74 Å². The summed E-state index contributed by atoms with van der Waals surface area (Å²) in [5, 5.41) is 0. The lowest BCUT2D eigenvalue weighted by Gasteiger charge is -2.60. The molecule has 31 heavy (non-hydrogen) atoms. The summed E-state index contributed by atoms with van der Waals surface area (Å²) in [5.74, 6) is 6.23. The van der Waals surface area contributed by atoms with Crippen molar-refractivity contribution in [3.63, 3.8) is 0 Å². The predicted octanol–water partition coefficient (Wildman–Crippen LogP) is 9.81. The van der Waals surface area contributed by atoms with Crippen LogP contribution >= 0.6 is 0 Å². The largest absolute Gasteiger partial charge is 0.502 e. The minimum Gasteiger partial charge on any atom is -0.502 e. The molecular formula is C30H56O. The van der Waals surface area contributed by atoms with Crippen LogP contribution in [-0.4, -0.2) is 7.11 Å². The highest BCUT2D eigenvalue weighted by atomic mass is 16.5. The van der Waals surface area contributed by atoms with Gasteiger partial charge in [-0.15, -0.1) is 0 Å². The molecule has 7 unspecified atom stereocenters. The summed E-state index contributed by atoms with van der Waals surface area (Å²) in [6, 6.07) is 0. The summed E-state index contributed by atoms with van der Waals surface area (Å²) in [7, 11) is 1.79. The van der Waals surface area contributed by atoms with Gasteiger partial charge in [0, 0.05) is 0 Å². The molecule has 0 bridgehead atoms. The van der Waals surface area contributed by atoms with Gasteiger partial charge in [-0.05, 0) is 118 Å². The Bertz CT molecular complexity index is 551. The molecule has 0 spiro atoms. The molecule has 1 nitrogen and oxygen atoms in total. The SMILES string of the molecule is CC.CCC.CO/C(C)=C/CCC1CCC2C3CCC4CCCCC4(C)C3CCC12C. The Morgan fingerprint density at radius 3 is 2.23 bits per heavy atom. The van der Waals surface area contributed by atoms with Crippen LogP contribution in [0, 0.1) is 40.4 Å². The van der Waals surface area contributed by atoms with E-state index in [0.717, 1.165) is 35.3 Å². The molecule has 1 heteroatoms. The number of hydrogen-bond acceptors (Lipinski definition) is 1. The molecule has 0 radical (unpaired) electrons. The van der Waals surface area contributed by atoms with Crippen LogP contribution in [0.1, 0.15) is 132 Å². The summed E-state index contributed by atoms with van der Waals surface area (Å²) in [5.41, 5.74) is 1.33. The van der Waals surface area contributed by atoms with Crippen LogP contribution in [0.2, 0.25) is 0 Å². The second-order valence-corrected chi connectivity index (χ2v) is 11.5. The van der Waals surface area contributed by atoms with Gasteiger partial charge in [-0.2, -0.15) is 0 Å². The zero-order valence-electron chi connectivity index (χ0n) is 22.6. The van der Waals surface area contributed by atoms with Gasteiger partial charge in [0.1, 0.15) is 0 Å². The van der Waals surface area contributed by atoms with Gasteiger partial charge in [-0.1, -0.05) is 60.8 Å². The minimum absolute atomic E-state index is 0.633. The summed E-state index contributed by atoms with van der Waals surface area (Å²) in [6.45, 7) is 15.7. The fourth-order valence-corrected chi connectivity index (χ4v) is 8.45. The first-order chi connectivity index (χ1) is 14.9. The Hall–Kier alpha value is -0.460. The van der Waals surface area contributed by atoms with Gasteiger partial charge in [0.25, 0.3) is 0 Å². The van der Waals surface area contributed by atoms with E-state index in [1.54, 1.807) is 20.0 Å². The lowest BCUT2D eigenvalue weighted by molar-refractivity contribution is -0.111. The molecule has 0 aromatic carbocycles. The minimum atomic E-state index is 0.633. The van der Waals surface area contributed by atoms with Crippen LogP contribution in [-0.2, 0) is 4.74 Å². The van der Waals surface area contributed by atoms with Gasteiger partial charge in [-0.3, -0.25) is 0 Å². The highest BCUT2D eigenvalue weighted by Gasteiger charge is 2.59. The third kappa shape index (κ3) is 5.55. The molecule has 0 aromatic rings. The van der Waals surface area contributed by atoms with E-state index in [-0.39, 0.29) is 0 Å². The molecule has 0 aromatic heterocycles. The molecular weight excluding hydrogens is 376 g/mol. The predicted molar refractivity (Wildman–Crippen MR) is 137 cm³/mol. The van der Waals surface area contributed by atoms with Gasteiger partial charge < -0.3 is 4.74 Å². The fraction of sp³-hybridized carbons (Fsp3) is 0.933. The van der Waals surface area contributed by atoms with Crippen LogP contribution in [0.5, 0.6) is 0 Å². The number of rotatable bonds is 4. The average Bonchev–Trinajstić information content (AvgIpc) is 3.11. The second-order valence-electron chi connectivity index (χ2n) is 11.5. The van der Waals surface area contributed by atoms with E-state index in [2.05, 4.69) is 40.7 Å². The van der Waals surface area contributed by atoms with E-state index in [1.165, 1.54) is 70.6 Å². The maximum atomic E-state index is 5.34. The highest BCUT2D eigenvalue weighted by Crippen LogP contribution is 2.67. The first-order valence-corrected chi connectivity index (χ1v) is 14.1.